The van der Waals surface area contributed by atoms with E-state index >= 15 is 0 Å². The Kier molecular flexibility index (Phi) is 6.33. The van der Waals surface area contributed by atoms with Gasteiger partial charge in [0.25, 0.3) is 0 Å². The third-order valence-electron chi connectivity index (χ3n) is 5.92. The van der Waals surface area contributed by atoms with Gasteiger partial charge < -0.3 is 19.9 Å². The van der Waals surface area contributed by atoms with E-state index in [-0.39, 0.29) is 12.0 Å². The monoisotopic (exact) mass is 478 g/mol. The topological polar surface area (TPSA) is 106 Å². The molecule has 3 aromatic carbocycles. The molecule has 5 rings (SSSR count). The van der Waals surface area contributed by atoms with Crippen LogP contribution in [-0.4, -0.2) is 16.3 Å². The van der Waals surface area contributed by atoms with Gasteiger partial charge in [0.15, 0.2) is 0 Å². The number of ether oxygens (including phenoxy) is 3. The maximum atomic E-state index is 9.94. The summed E-state index contributed by atoms with van der Waals surface area (Å²) in [6.07, 6.45) is 0.0656. The second kappa shape index (κ2) is 9.88. The highest BCUT2D eigenvalue weighted by Gasteiger charge is 2.35. The molecule has 7 heteroatoms. The number of allylic oxidation sites excluding steroid dienone is 1. The van der Waals surface area contributed by atoms with E-state index in [1.807, 2.05) is 92.7 Å². The first-order valence-electron chi connectivity index (χ1n) is 11.7. The van der Waals surface area contributed by atoms with Crippen LogP contribution in [0.2, 0.25) is 0 Å². The van der Waals surface area contributed by atoms with Crippen LogP contribution in [0.1, 0.15) is 36.5 Å². The van der Waals surface area contributed by atoms with Crippen LogP contribution in [0.4, 0.5) is 0 Å². The summed E-state index contributed by atoms with van der Waals surface area (Å²) < 4.78 is 17.4. The number of rotatable bonds is 7. The molecule has 1 aromatic heterocycles. The minimum atomic E-state index is -0.436. The molecule has 0 fully saturated rings. The molecule has 2 heterocycles. The molecule has 180 valence electrons. The predicted octanol–water partition coefficient (Wildman–Crippen LogP) is 5.66. The molecule has 1 aliphatic rings. The number of benzene rings is 3. The summed E-state index contributed by atoms with van der Waals surface area (Å²) in [7, 11) is 0. The number of nitriles is 1. The molecule has 36 heavy (non-hydrogen) atoms. The van der Waals surface area contributed by atoms with Gasteiger partial charge in [0.2, 0.25) is 11.8 Å². The van der Waals surface area contributed by atoms with Crippen molar-refractivity contribution in [2.75, 3.05) is 0 Å². The van der Waals surface area contributed by atoms with Crippen LogP contribution in [0.3, 0.4) is 0 Å². The summed E-state index contributed by atoms with van der Waals surface area (Å²) in [5, 5.41) is 17.4. The fourth-order valence-corrected chi connectivity index (χ4v) is 4.27. The normalized spacial score (nSPS) is 14.7. The Morgan fingerprint density at radius 3 is 2.36 bits per heavy atom. The SMILES string of the molecule is CC(C)Oc1ccc(C2C(C#N)=C(N)Oc3n[nH]c(-c4ccc(OCc5ccccc5)cc4)c32)cc1. The number of hydrogen-bond donors (Lipinski definition) is 2. The highest BCUT2D eigenvalue weighted by Crippen LogP contribution is 2.46. The first-order chi connectivity index (χ1) is 17.5. The highest BCUT2D eigenvalue weighted by molar-refractivity contribution is 5.71. The molecule has 0 radical (unpaired) electrons. The van der Waals surface area contributed by atoms with Crippen molar-refractivity contribution in [1.29, 1.82) is 5.26 Å². The van der Waals surface area contributed by atoms with Gasteiger partial charge in [-0.1, -0.05) is 42.5 Å². The molecule has 1 aliphatic heterocycles. The number of hydrogen-bond acceptors (Lipinski definition) is 6. The number of aromatic nitrogens is 2. The fourth-order valence-electron chi connectivity index (χ4n) is 4.27. The average molecular weight is 479 g/mol. The van der Waals surface area contributed by atoms with E-state index in [0.717, 1.165) is 39.4 Å². The molecule has 0 bridgehead atoms. The molecule has 3 N–H and O–H groups in total. The molecule has 4 aromatic rings. The number of nitrogens with two attached hydrogens (primary N) is 1. The van der Waals surface area contributed by atoms with Crippen LogP contribution >= 0.6 is 0 Å². The summed E-state index contributed by atoms with van der Waals surface area (Å²) in [4.78, 5) is 0. The van der Waals surface area contributed by atoms with Gasteiger partial charge in [0.05, 0.1) is 23.3 Å². The quantitative estimate of drug-likeness (QED) is 0.355. The van der Waals surface area contributed by atoms with E-state index in [9.17, 15) is 5.26 Å². The van der Waals surface area contributed by atoms with Gasteiger partial charge in [-0.15, -0.1) is 5.10 Å². The summed E-state index contributed by atoms with van der Waals surface area (Å²) in [5.74, 6) is 1.50. The number of nitrogens with zero attached hydrogens (tertiary/aromatic N) is 2. The third-order valence-corrected chi connectivity index (χ3v) is 5.92. The Hall–Kier alpha value is -4.70. The number of aromatic amines is 1. The summed E-state index contributed by atoms with van der Waals surface area (Å²) >= 11 is 0. The number of H-pyrrole nitrogens is 1. The Morgan fingerprint density at radius 2 is 1.69 bits per heavy atom. The van der Waals surface area contributed by atoms with Crippen LogP contribution < -0.4 is 19.9 Å². The molecule has 1 unspecified atom stereocenters. The maximum Gasteiger partial charge on any atom is 0.244 e. The summed E-state index contributed by atoms with van der Waals surface area (Å²) in [6, 6.07) is 27.7. The van der Waals surface area contributed by atoms with Gasteiger partial charge >= 0.3 is 0 Å². The molecule has 0 saturated carbocycles. The fraction of sp³-hybridized carbons (Fsp3) is 0.172. The number of nitrogens with one attached hydrogen (secondary N) is 1. The van der Waals surface area contributed by atoms with E-state index in [0.29, 0.717) is 18.1 Å². The van der Waals surface area contributed by atoms with Crippen molar-refractivity contribution in [3.8, 4) is 34.7 Å². The zero-order valence-electron chi connectivity index (χ0n) is 20.1. The Morgan fingerprint density at radius 1 is 1.00 bits per heavy atom. The largest absolute Gasteiger partial charge is 0.491 e. The van der Waals surface area contributed by atoms with Crippen molar-refractivity contribution in [2.24, 2.45) is 5.73 Å². The Balaban J connectivity index is 1.46. The summed E-state index contributed by atoms with van der Waals surface area (Å²) in [5.41, 5.74) is 10.9. The summed E-state index contributed by atoms with van der Waals surface area (Å²) in [6.45, 7) is 4.44. The van der Waals surface area contributed by atoms with Gasteiger partial charge in [0, 0.05) is 5.56 Å². The third kappa shape index (κ3) is 4.62. The van der Waals surface area contributed by atoms with Gasteiger partial charge in [-0.05, 0) is 61.4 Å². The van der Waals surface area contributed by atoms with Crippen LogP contribution in [0.25, 0.3) is 11.3 Å². The van der Waals surface area contributed by atoms with Gasteiger partial charge in [-0.25, -0.2) is 0 Å². The molecule has 0 aliphatic carbocycles. The minimum absolute atomic E-state index is 0.0558. The van der Waals surface area contributed by atoms with Crippen LogP contribution in [0.5, 0.6) is 17.4 Å². The minimum Gasteiger partial charge on any atom is -0.491 e. The zero-order chi connectivity index (χ0) is 25.1. The van der Waals surface area contributed by atoms with Crippen LogP contribution in [-0.2, 0) is 6.61 Å². The van der Waals surface area contributed by atoms with Gasteiger partial charge in [0.1, 0.15) is 29.7 Å². The lowest BCUT2D eigenvalue weighted by Crippen LogP contribution is -2.21. The second-order valence-corrected chi connectivity index (χ2v) is 8.78. The van der Waals surface area contributed by atoms with Crippen molar-refractivity contribution in [3.05, 3.63) is 107 Å². The van der Waals surface area contributed by atoms with Crippen molar-refractivity contribution in [3.63, 3.8) is 0 Å². The molecule has 0 spiro atoms. The first-order valence-corrected chi connectivity index (χ1v) is 11.7. The lowest BCUT2D eigenvalue weighted by atomic mass is 9.83. The number of fused-ring (bicyclic) bond motifs is 1. The molecular formula is C29H26N4O3. The van der Waals surface area contributed by atoms with Crippen LogP contribution in [0, 0.1) is 11.3 Å². The highest BCUT2D eigenvalue weighted by atomic mass is 16.5. The molecule has 0 amide bonds. The predicted molar refractivity (Wildman–Crippen MR) is 136 cm³/mol. The van der Waals surface area contributed by atoms with Crippen molar-refractivity contribution < 1.29 is 14.2 Å². The molecule has 7 nitrogen and oxygen atoms in total. The van der Waals surface area contributed by atoms with E-state index in [1.165, 1.54) is 0 Å². The smallest absolute Gasteiger partial charge is 0.244 e. The average Bonchev–Trinajstić information content (AvgIpc) is 3.31. The zero-order valence-corrected chi connectivity index (χ0v) is 20.1. The standard InChI is InChI=1S/C29H26N4O3/c1-18(2)35-23-14-8-20(9-15-23)25-24(16-30)28(31)36-29-26(25)27(32-33-29)21-10-12-22(13-11-21)34-17-19-6-4-3-5-7-19/h3-15,18,25H,17,31H2,1-2H3,(H,32,33). The van der Waals surface area contributed by atoms with Crippen LogP contribution in [0.15, 0.2) is 90.3 Å². The second-order valence-electron chi connectivity index (χ2n) is 8.78. The van der Waals surface area contributed by atoms with E-state index in [2.05, 4.69) is 16.3 Å². The lowest BCUT2D eigenvalue weighted by Gasteiger charge is -2.24. The van der Waals surface area contributed by atoms with E-state index in [1.54, 1.807) is 0 Å². The van der Waals surface area contributed by atoms with Gasteiger partial charge in [-0.3, -0.25) is 5.10 Å². The van der Waals surface area contributed by atoms with Gasteiger partial charge in [-0.2, -0.15) is 5.26 Å². The molecule has 0 saturated heterocycles. The lowest BCUT2D eigenvalue weighted by molar-refractivity contribution is 0.242. The molecular weight excluding hydrogens is 452 g/mol. The Labute approximate surface area is 209 Å². The van der Waals surface area contributed by atoms with Crippen molar-refractivity contribution in [1.82, 2.24) is 10.2 Å². The van der Waals surface area contributed by atoms with Crippen molar-refractivity contribution >= 4 is 0 Å². The first kappa shape index (κ1) is 23.1. The van der Waals surface area contributed by atoms with E-state index < -0.39 is 5.92 Å². The van der Waals surface area contributed by atoms with E-state index in [4.69, 9.17) is 19.9 Å². The maximum absolute atomic E-state index is 9.94. The molecule has 1 atom stereocenters. The van der Waals surface area contributed by atoms with Crippen molar-refractivity contribution in [2.45, 2.75) is 32.5 Å². The Bertz CT molecular complexity index is 1420.